The van der Waals surface area contributed by atoms with Crippen LogP contribution in [0.1, 0.15) is 20.3 Å². The molecule has 0 spiro atoms. The monoisotopic (exact) mass is 216 g/mol. The number of hydrogen-bond donors (Lipinski definition) is 0. The molecule has 1 aliphatic heterocycles. The van der Waals surface area contributed by atoms with Crippen LogP contribution in [0.25, 0.3) is 0 Å². The van der Waals surface area contributed by atoms with Crippen LogP contribution in [0.2, 0.25) is 0 Å². The molecule has 14 heavy (non-hydrogen) atoms. The van der Waals surface area contributed by atoms with E-state index in [-0.39, 0.29) is 5.25 Å². The molecule has 0 aromatic heterocycles. The molecule has 4 heteroatoms. The number of rotatable bonds is 2. The molecule has 0 amide bonds. The number of carbonyl (C=O) groups excluding carboxylic acids is 1. The highest BCUT2D eigenvalue weighted by Gasteiger charge is 2.37. The molecule has 2 unspecified atom stereocenters. The van der Waals surface area contributed by atoms with Crippen LogP contribution in [0, 0.1) is 0 Å². The van der Waals surface area contributed by atoms with E-state index in [4.69, 9.17) is 9.47 Å². The van der Waals surface area contributed by atoms with Gasteiger partial charge in [0.15, 0.2) is 0 Å². The standard InChI is InChI=1S/C10H16O3S/c1-4-9(11)13-10(3)8(2)14-7-5-6-12-10/h4,8H,1,5-7H2,2-3H3. The van der Waals surface area contributed by atoms with Crippen molar-refractivity contribution in [2.45, 2.75) is 31.3 Å². The Morgan fingerprint density at radius 3 is 3.14 bits per heavy atom. The lowest BCUT2D eigenvalue weighted by atomic mass is 10.2. The highest BCUT2D eigenvalue weighted by Crippen LogP contribution is 2.31. The van der Waals surface area contributed by atoms with E-state index in [9.17, 15) is 4.79 Å². The molecule has 1 aliphatic rings. The summed E-state index contributed by atoms with van der Waals surface area (Å²) in [6.45, 7) is 7.82. The molecular formula is C10H16O3S. The van der Waals surface area contributed by atoms with Crippen molar-refractivity contribution in [2.75, 3.05) is 12.4 Å². The summed E-state index contributed by atoms with van der Waals surface area (Å²) in [5.41, 5.74) is 0. The Kier molecular flexibility index (Phi) is 4.01. The molecule has 0 bridgehead atoms. The van der Waals surface area contributed by atoms with Crippen LogP contribution < -0.4 is 0 Å². The van der Waals surface area contributed by atoms with Crippen LogP contribution in [-0.4, -0.2) is 29.4 Å². The van der Waals surface area contributed by atoms with Crippen LogP contribution in [0.5, 0.6) is 0 Å². The highest BCUT2D eigenvalue weighted by molar-refractivity contribution is 7.99. The van der Waals surface area contributed by atoms with Gasteiger partial charge in [-0.25, -0.2) is 4.79 Å². The fourth-order valence-corrected chi connectivity index (χ4v) is 2.27. The van der Waals surface area contributed by atoms with E-state index in [0.717, 1.165) is 18.2 Å². The third-order valence-electron chi connectivity index (χ3n) is 2.25. The maximum Gasteiger partial charge on any atom is 0.332 e. The fraction of sp³-hybridized carbons (Fsp3) is 0.700. The predicted octanol–water partition coefficient (Wildman–Crippen LogP) is 1.97. The average Bonchev–Trinajstić information content (AvgIpc) is 2.30. The van der Waals surface area contributed by atoms with Crippen molar-refractivity contribution < 1.29 is 14.3 Å². The minimum atomic E-state index is -0.813. The van der Waals surface area contributed by atoms with Gasteiger partial charge in [-0.05, 0) is 19.1 Å². The molecule has 0 aliphatic carbocycles. The number of thioether (sulfide) groups is 1. The van der Waals surface area contributed by atoms with Crippen molar-refractivity contribution in [1.82, 2.24) is 0 Å². The number of carbonyl (C=O) groups is 1. The first-order valence-corrected chi connectivity index (χ1v) is 5.74. The summed E-state index contributed by atoms with van der Waals surface area (Å²) in [6.07, 6.45) is 2.16. The Morgan fingerprint density at radius 1 is 1.79 bits per heavy atom. The lowest BCUT2D eigenvalue weighted by Crippen LogP contribution is -2.42. The van der Waals surface area contributed by atoms with Gasteiger partial charge in [0, 0.05) is 13.0 Å². The molecule has 3 nitrogen and oxygen atoms in total. The van der Waals surface area contributed by atoms with Gasteiger partial charge in [-0.3, -0.25) is 0 Å². The van der Waals surface area contributed by atoms with Gasteiger partial charge < -0.3 is 9.47 Å². The smallest absolute Gasteiger partial charge is 0.332 e. The average molecular weight is 216 g/mol. The zero-order valence-electron chi connectivity index (χ0n) is 8.62. The first-order chi connectivity index (χ1) is 6.58. The third-order valence-corrected chi connectivity index (χ3v) is 3.71. The zero-order valence-corrected chi connectivity index (χ0v) is 9.43. The van der Waals surface area contributed by atoms with Crippen molar-refractivity contribution in [3.05, 3.63) is 12.7 Å². The Bertz CT molecular complexity index is 229. The van der Waals surface area contributed by atoms with Gasteiger partial charge in [-0.2, -0.15) is 11.8 Å². The van der Waals surface area contributed by atoms with E-state index in [0.29, 0.717) is 6.61 Å². The Labute approximate surface area is 88.8 Å². The first kappa shape index (κ1) is 11.6. The molecule has 80 valence electrons. The Hall–Kier alpha value is -0.480. The second kappa shape index (κ2) is 4.84. The molecule has 1 rings (SSSR count). The maximum atomic E-state index is 11.1. The highest BCUT2D eigenvalue weighted by atomic mass is 32.2. The lowest BCUT2D eigenvalue weighted by molar-refractivity contribution is -0.216. The topological polar surface area (TPSA) is 35.5 Å². The Balaban J connectivity index is 2.66. The minimum Gasteiger partial charge on any atom is -0.429 e. The van der Waals surface area contributed by atoms with E-state index in [1.165, 1.54) is 0 Å². The summed E-state index contributed by atoms with van der Waals surface area (Å²) in [4.78, 5) is 11.1. The van der Waals surface area contributed by atoms with Crippen molar-refractivity contribution in [1.29, 1.82) is 0 Å². The number of esters is 1. The lowest BCUT2D eigenvalue weighted by Gasteiger charge is -2.32. The van der Waals surface area contributed by atoms with Crippen LogP contribution in [-0.2, 0) is 14.3 Å². The predicted molar refractivity (Wildman–Crippen MR) is 57.2 cm³/mol. The van der Waals surface area contributed by atoms with Gasteiger partial charge >= 0.3 is 5.97 Å². The maximum absolute atomic E-state index is 11.1. The van der Waals surface area contributed by atoms with E-state index in [2.05, 4.69) is 6.58 Å². The Morgan fingerprint density at radius 2 is 2.50 bits per heavy atom. The summed E-state index contributed by atoms with van der Waals surface area (Å²) in [7, 11) is 0. The van der Waals surface area contributed by atoms with Gasteiger partial charge in [0.2, 0.25) is 5.79 Å². The molecular weight excluding hydrogens is 200 g/mol. The minimum absolute atomic E-state index is 0.147. The second-order valence-electron chi connectivity index (χ2n) is 3.36. The van der Waals surface area contributed by atoms with Gasteiger partial charge in [-0.15, -0.1) is 0 Å². The second-order valence-corrected chi connectivity index (χ2v) is 4.80. The molecule has 0 aromatic rings. The fourth-order valence-electron chi connectivity index (χ4n) is 1.22. The van der Waals surface area contributed by atoms with E-state index in [1.807, 2.05) is 6.92 Å². The number of hydrogen-bond acceptors (Lipinski definition) is 4. The molecule has 0 radical (unpaired) electrons. The van der Waals surface area contributed by atoms with Gasteiger partial charge in [0.25, 0.3) is 0 Å². The third kappa shape index (κ3) is 2.75. The molecule has 1 fully saturated rings. The summed E-state index contributed by atoms with van der Waals surface area (Å²) in [5, 5.41) is 0.147. The summed E-state index contributed by atoms with van der Waals surface area (Å²) < 4.78 is 10.8. The molecule has 0 saturated carbocycles. The summed E-state index contributed by atoms with van der Waals surface area (Å²) >= 11 is 1.76. The zero-order chi connectivity index (χ0) is 10.6. The molecule has 2 atom stereocenters. The van der Waals surface area contributed by atoms with Crippen LogP contribution in [0.3, 0.4) is 0 Å². The van der Waals surface area contributed by atoms with Crippen molar-refractivity contribution >= 4 is 17.7 Å². The molecule has 1 heterocycles. The van der Waals surface area contributed by atoms with E-state index in [1.54, 1.807) is 18.7 Å². The SMILES string of the molecule is C=CC(=O)OC1(C)OCCCSC1C. The van der Waals surface area contributed by atoms with Crippen LogP contribution >= 0.6 is 11.8 Å². The van der Waals surface area contributed by atoms with Gasteiger partial charge in [0.05, 0.1) is 11.9 Å². The normalized spacial score (nSPS) is 33.1. The van der Waals surface area contributed by atoms with Crippen LogP contribution in [0.15, 0.2) is 12.7 Å². The van der Waals surface area contributed by atoms with E-state index < -0.39 is 11.8 Å². The summed E-state index contributed by atoms with van der Waals surface area (Å²) in [5.74, 6) is -0.198. The summed E-state index contributed by atoms with van der Waals surface area (Å²) in [6, 6.07) is 0. The van der Waals surface area contributed by atoms with Crippen LogP contribution in [0.4, 0.5) is 0 Å². The quantitative estimate of drug-likeness (QED) is 0.522. The first-order valence-electron chi connectivity index (χ1n) is 4.69. The van der Waals surface area contributed by atoms with Crippen molar-refractivity contribution in [3.8, 4) is 0 Å². The van der Waals surface area contributed by atoms with Crippen molar-refractivity contribution in [3.63, 3.8) is 0 Å². The largest absolute Gasteiger partial charge is 0.429 e. The molecule has 0 N–H and O–H groups in total. The van der Waals surface area contributed by atoms with E-state index >= 15 is 0 Å². The molecule has 1 saturated heterocycles. The molecule has 0 aromatic carbocycles. The van der Waals surface area contributed by atoms with Gasteiger partial charge in [0.1, 0.15) is 0 Å². The van der Waals surface area contributed by atoms with Gasteiger partial charge in [-0.1, -0.05) is 6.58 Å². The number of ether oxygens (including phenoxy) is 2. The van der Waals surface area contributed by atoms with Crippen molar-refractivity contribution in [2.24, 2.45) is 0 Å².